The molecule has 1 aliphatic heterocycles. The van der Waals surface area contributed by atoms with Crippen molar-refractivity contribution in [2.24, 2.45) is 0 Å². The molecule has 0 aliphatic carbocycles. The minimum atomic E-state index is -0.131. The highest BCUT2D eigenvalue weighted by molar-refractivity contribution is 9.10. The number of hydrogen-bond acceptors (Lipinski definition) is 4. The van der Waals surface area contributed by atoms with Gasteiger partial charge in [0.15, 0.2) is 0 Å². The Morgan fingerprint density at radius 3 is 2.71 bits per heavy atom. The van der Waals surface area contributed by atoms with E-state index in [0.717, 1.165) is 37.3 Å². The zero-order chi connectivity index (χ0) is 17.4. The van der Waals surface area contributed by atoms with Crippen LogP contribution in [0.4, 0.5) is 0 Å². The van der Waals surface area contributed by atoms with E-state index < -0.39 is 0 Å². The summed E-state index contributed by atoms with van der Waals surface area (Å²) in [7, 11) is 0. The summed E-state index contributed by atoms with van der Waals surface area (Å²) in [5.74, 6) is -0.104. The van der Waals surface area contributed by atoms with Gasteiger partial charge >= 0.3 is 0 Å². The maximum Gasteiger partial charge on any atom is 0.251 e. The van der Waals surface area contributed by atoms with Crippen molar-refractivity contribution in [2.45, 2.75) is 6.92 Å². The lowest BCUT2D eigenvalue weighted by Gasteiger charge is -2.29. The molecule has 0 aromatic heterocycles. The number of hydrogen-bond donors (Lipinski definition) is 1. The largest absolute Gasteiger partial charge is 0.379 e. The van der Waals surface area contributed by atoms with Gasteiger partial charge in [0.1, 0.15) is 0 Å². The molecule has 1 aromatic carbocycles. The monoisotopic (exact) mass is 397 g/mol. The highest BCUT2D eigenvalue weighted by Gasteiger charge is 2.14. The summed E-state index contributed by atoms with van der Waals surface area (Å²) in [6.07, 6.45) is 0. The molecule has 0 spiro atoms. The summed E-state index contributed by atoms with van der Waals surface area (Å²) in [5, 5.41) is 2.86. The molecule has 1 aliphatic rings. The van der Waals surface area contributed by atoms with Crippen LogP contribution in [0.1, 0.15) is 17.3 Å². The van der Waals surface area contributed by atoms with Gasteiger partial charge < -0.3 is 15.0 Å². The van der Waals surface area contributed by atoms with Crippen molar-refractivity contribution >= 4 is 27.7 Å². The summed E-state index contributed by atoms with van der Waals surface area (Å²) >= 11 is 3.35. The zero-order valence-corrected chi connectivity index (χ0v) is 15.5. The number of rotatable bonds is 7. The molecular formula is C17H24BrN3O3. The summed E-state index contributed by atoms with van der Waals surface area (Å²) in [4.78, 5) is 27.9. The SMILES string of the molecule is CC(=O)N(CCNC(=O)c1cccc(Br)c1)CCN1CCOCC1. The van der Waals surface area contributed by atoms with Gasteiger partial charge in [0.2, 0.25) is 5.91 Å². The Balaban J connectivity index is 1.74. The lowest BCUT2D eigenvalue weighted by Crippen LogP contribution is -2.44. The molecule has 7 heteroatoms. The molecule has 0 unspecified atom stereocenters. The Labute approximate surface area is 151 Å². The predicted octanol–water partition coefficient (Wildman–Crippen LogP) is 1.36. The highest BCUT2D eigenvalue weighted by Crippen LogP contribution is 2.11. The third-order valence-electron chi connectivity index (χ3n) is 3.99. The van der Waals surface area contributed by atoms with Gasteiger partial charge in [-0.1, -0.05) is 22.0 Å². The van der Waals surface area contributed by atoms with Crippen LogP contribution in [0.15, 0.2) is 28.7 Å². The minimum Gasteiger partial charge on any atom is -0.379 e. The molecule has 0 atom stereocenters. The first-order valence-corrected chi connectivity index (χ1v) is 8.95. The van der Waals surface area contributed by atoms with E-state index in [2.05, 4.69) is 26.1 Å². The fourth-order valence-corrected chi connectivity index (χ4v) is 2.95. The van der Waals surface area contributed by atoms with Crippen LogP contribution in [0.25, 0.3) is 0 Å². The number of nitrogens with zero attached hydrogens (tertiary/aromatic N) is 2. The van der Waals surface area contributed by atoms with Gasteiger partial charge in [0, 0.05) is 56.2 Å². The van der Waals surface area contributed by atoms with Crippen molar-refractivity contribution in [1.29, 1.82) is 0 Å². The maximum absolute atomic E-state index is 12.1. The number of nitrogens with one attached hydrogen (secondary N) is 1. The van der Waals surface area contributed by atoms with Gasteiger partial charge in [-0.05, 0) is 18.2 Å². The number of carbonyl (C=O) groups excluding carboxylic acids is 2. The molecule has 1 heterocycles. The standard InChI is InChI=1S/C17H24BrN3O3/c1-14(22)21(8-7-20-9-11-24-12-10-20)6-5-19-17(23)15-3-2-4-16(18)13-15/h2-4,13H,5-12H2,1H3,(H,19,23). The first-order valence-electron chi connectivity index (χ1n) is 8.15. The fraction of sp³-hybridized carbons (Fsp3) is 0.529. The number of morpholine rings is 1. The van der Waals surface area contributed by atoms with E-state index in [-0.39, 0.29) is 11.8 Å². The normalized spacial score (nSPS) is 15.1. The molecule has 0 radical (unpaired) electrons. The van der Waals surface area contributed by atoms with Crippen LogP contribution in [0, 0.1) is 0 Å². The van der Waals surface area contributed by atoms with Crippen LogP contribution in [0.3, 0.4) is 0 Å². The van der Waals surface area contributed by atoms with Crippen molar-refractivity contribution < 1.29 is 14.3 Å². The van der Waals surface area contributed by atoms with Crippen molar-refractivity contribution in [1.82, 2.24) is 15.1 Å². The highest BCUT2D eigenvalue weighted by atomic mass is 79.9. The summed E-state index contributed by atoms with van der Waals surface area (Å²) in [5.41, 5.74) is 0.604. The van der Waals surface area contributed by atoms with Crippen LogP contribution in [-0.2, 0) is 9.53 Å². The Hall–Kier alpha value is -1.44. The lowest BCUT2D eigenvalue weighted by molar-refractivity contribution is -0.129. The van der Waals surface area contributed by atoms with Crippen LogP contribution < -0.4 is 5.32 Å². The quantitative estimate of drug-likeness (QED) is 0.754. The first kappa shape index (κ1) is 18.9. The zero-order valence-electron chi connectivity index (χ0n) is 14.0. The van der Waals surface area contributed by atoms with Crippen molar-refractivity contribution in [2.75, 3.05) is 52.5 Å². The smallest absolute Gasteiger partial charge is 0.251 e. The van der Waals surface area contributed by atoms with E-state index in [1.807, 2.05) is 12.1 Å². The molecule has 0 saturated carbocycles. The van der Waals surface area contributed by atoms with E-state index in [9.17, 15) is 9.59 Å². The summed E-state index contributed by atoms with van der Waals surface area (Å²) in [6, 6.07) is 7.24. The van der Waals surface area contributed by atoms with Gasteiger partial charge in [-0.15, -0.1) is 0 Å². The number of carbonyl (C=O) groups is 2. The minimum absolute atomic E-state index is 0.0277. The molecule has 1 fully saturated rings. The van der Waals surface area contributed by atoms with Gasteiger partial charge in [-0.3, -0.25) is 14.5 Å². The van der Waals surface area contributed by atoms with E-state index in [1.165, 1.54) is 0 Å². The molecule has 0 bridgehead atoms. The average Bonchev–Trinajstić information content (AvgIpc) is 2.58. The molecule has 132 valence electrons. The Morgan fingerprint density at radius 2 is 2.04 bits per heavy atom. The third-order valence-corrected chi connectivity index (χ3v) is 4.48. The van der Waals surface area contributed by atoms with Gasteiger partial charge in [-0.2, -0.15) is 0 Å². The van der Waals surface area contributed by atoms with Gasteiger partial charge in [0.05, 0.1) is 13.2 Å². The molecule has 1 aromatic rings. The van der Waals surface area contributed by atoms with Crippen LogP contribution in [0.5, 0.6) is 0 Å². The number of amides is 2. The van der Waals surface area contributed by atoms with Gasteiger partial charge in [0.25, 0.3) is 5.91 Å². The molecule has 6 nitrogen and oxygen atoms in total. The predicted molar refractivity (Wildman–Crippen MR) is 96.0 cm³/mol. The molecular weight excluding hydrogens is 374 g/mol. The Bertz CT molecular complexity index is 562. The second-order valence-electron chi connectivity index (χ2n) is 5.73. The summed E-state index contributed by atoms with van der Waals surface area (Å²) in [6.45, 7) is 7.34. The molecule has 2 amide bonds. The van der Waals surface area contributed by atoms with Crippen LogP contribution >= 0.6 is 15.9 Å². The van der Waals surface area contributed by atoms with Crippen molar-refractivity contribution in [3.05, 3.63) is 34.3 Å². The molecule has 24 heavy (non-hydrogen) atoms. The second-order valence-corrected chi connectivity index (χ2v) is 6.64. The molecule has 1 saturated heterocycles. The number of ether oxygens (including phenoxy) is 1. The van der Waals surface area contributed by atoms with Crippen molar-refractivity contribution in [3.8, 4) is 0 Å². The van der Waals surface area contributed by atoms with E-state index in [0.29, 0.717) is 25.2 Å². The van der Waals surface area contributed by atoms with Gasteiger partial charge in [-0.25, -0.2) is 0 Å². The first-order chi connectivity index (χ1) is 11.6. The number of benzene rings is 1. The number of halogens is 1. The fourth-order valence-electron chi connectivity index (χ4n) is 2.55. The van der Waals surface area contributed by atoms with E-state index >= 15 is 0 Å². The Kier molecular flexibility index (Phi) is 7.68. The average molecular weight is 398 g/mol. The second kappa shape index (κ2) is 9.76. The summed E-state index contributed by atoms with van der Waals surface area (Å²) < 4.78 is 6.19. The van der Waals surface area contributed by atoms with Crippen molar-refractivity contribution in [3.63, 3.8) is 0 Å². The topological polar surface area (TPSA) is 61.9 Å². The third kappa shape index (κ3) is 6.22. The maximum atomic E-state index is 12.1. The van der Waals surface area contributed by atoms with Crippen LogP contribution in [0.2, 0.25) is 0 Å². The lowest BCUT2D eigenvalue weighted by atomic mass is 10.2. The molecule has 2 rings (SSSR count). The van der Waals surface area contributed by atoms with E-state index in [4.69, 9.17) is 4.74 Å². The van der Waals surface area contributed by atoms with Crippen LogP contribution in [-0.4, -0.2) is 74.1 Å². The Morgan fingerprint density at radius 1 is 1.29 bits per heavy atom. The van der Waals surface area contributed by atoms with E-state index in [1.54, 1.807) is 24.0 Å². The molecule has 1 N–H and O–H groups in total.